The molecule has 0 saturated carbocycles. The largest absolute Gasteiger partial charge is 0.351 e. The lowest BCUT2D eigenvalue weighted by Gasteiger charge is -2.26. The zero-order valence-electron chi connectivity index (χ0n) is 13.8. The maximum absolute atomic E-state index is 13.1. The van der Waals surface area contributed by atoms with Crippen LogP contribution in [0.3, 0.4) is 0 Å². The van der Waals surface area contributed by atoms with Gasteiger partial charge in [0.2, 0.25) is 5.91 Å². The van der Waals surface area contributed by atoms with Gasteiger partial charge in [-0.25, -0.2) is 4.39 Å². The van der Waals surface area contributed by atoms with E-state index in [-0.39, 0.29) is 35.4 Å². The molecule has 2 N–H and O–H groups in total. The lowest BCUT2D eigenvalue weighted by Crippen LogP contribution is -2.46. The van der Waals surface area contributed by atoms with Crippen molar-refractivity contribution in [3.8, 4) is 0 Å². The molecule has 1 aliphatic heterocycles. The van der Waals surface area contributed by atoms with Crippen LogP contribution < -0.4 is 10.6 Å². The molecule has 2 unspecified atom stereocenters. The Morgan fingerprint density at radius 3 is 2.52 bits per heavy atom. The SMILES string of the molecule is Cl.O=C(NC1CCCNC1)C(Sc1ccc(F)cc1)c1ccccc1. The summed E-state index contributed by atoms with van der Waals surface area (Å²) < 4.78 is 13.1. The summed E-state index contributed by atoms with van der Waals surface area (Å²) in [6.45, 7) is 1.83. The van der Waals surface area contributed by atoms with E-state index in [1.54, 1.807) is 12.1 Å². The van der Waals surface area contributed by atoms with Crippen molar-refractivity contribution in [3.63, 3.8) is 0 Å². The van der Waals surface area contributed by atoms with E-state index in [1.807, 2.05) is 30.3 Å². The summed E-state index contributed by atoms with van der Waals surface area (Å²) in [6.07, 6.45) is 2.08. The molecule has 3 rings (SSSR count). The normalized spacial score (nSPS) is 18.0. The van der Waals surface area contributed by atoms with Crippen molar-refractivity contribution in [2.75, 3.05) is 13.1 Å². The third-order valence-electron chi connectivity index (χ3n) is 4.05. The maximum atomic E-state index is 13.1. The Bertz CT molecular complexity index is 663. The highest BCUT2D eigenvalue weighted by Crippen LogP contribution is 2.35. The molecule has 1 amide bonds. The number of piperidine rings is 1. The fourth-order valence-corrected chi connectivity index (χ4v) is 3.84. The van der Waals surface area contributed by atoms with Crippen LogP contribution in [0, 0.1) is 5.82 Å². The van der Waals surface area contributed by atoms with E-state index in [0.717, 1.165) is 36.4 Å². The number of hydrogen-bond donors (Lipinski definition) is 2. The molecule has 1 aliphatic rings. The molecule has 2 aromatic carbocycles. The van der Waals surface area contributed by atoms with Crippen molar-refractivity contribution >= 4 is 30.1 Å². The van der Waals surface area contributed by atoms with Crippen molar-refractivity contribution in [1.82, 2.24) is 10.6 Å². The average molecular weight is 381 g/mol. The summed E-state index contributed by atoms with van der Waals surface area (Å²) in [5, 5.41) is 6.12. The molecule has 1 fully saturated rings. The summed E-state index contributed by atoms with van der Waals surface area (Å²) in [5.74, 6) is -0.266. The minimum atomic E-state index is -0.349. The highest BCUT2D eigenvalue weighted by Gasteiger charge is 2.25. The van der Waals surface area contributed by atoms with Crippen molar-refractivity contribution in [3.05, 3.63) is 66.0 Å². The van der Waals surface area contributed by atoms with Gasteiger partial charge in [0, 0.05) is 17.5 Å². The van der Waals surface area contributed by atoms with E-state index < -0.39 is 0 Å². The van der Waals surface area contributed by atoms with Crippen molar-refractivity contribution in [2.24, 2.45) is 0 Å². The third kappa shape index (κ3) is 5.73. The van der Waals surface area contributed by atoms with Crippen molar-refractivity contribution in [2.45, 2.75) is 29.0 Å². The molecule has 6 heteroatoms. The molecule has 2 atom stereocenters. The van der Waals surface area contributed by atoms with Crippen LogP contribution in [0.25, 0.3) is 0 Å². The van der Waals surface area contributed by atoms with Crippen LogP contribution in [-0.4, -0.2) is 25.0 Å². The van der Waals surface area contributed by atoms with E-state index in [1.165, 1.54) is 23.9 Å². The first kappa shape index (κ1) is 19.8. The summed E-state index contributed by atoms with van der Waals surface area (Å²) in [7, 11) is 0. The van der Waals surface area contributed by atoms with E-state index in [9.17, 15) is 9.18 Å². The van der Waals surface area contributed by atoms with Gasteiger partial charge in [0.15, 0.2) is 0 Å². The van der Waals surface area contributed by atoms with Gasteiger partial charge in [-0.2, -0.15) is 0 Å². The molecule has 0 radical (unpaired) electrons. The van der Waals surface area contributed by atoms with Crippen LogP contribution >= 0.6 is 24.2 Å². The maximum Gasteiger partial charge on any atom is 0.238 e. The summed E-state index contributed by atoms with van der Waals surface area (Å²) >= 11 is 1.45. The zero-order chi connectivity index (χ0) is 16.8. The Morgan fingerprint density at radius 1 is 1.16 bits per heavy atom. The van der Waals surface area contributed by atoms with Gasteiger partial charge in [-0.15, -0.1) is 24.2 Å². The summed E-state index contributed by atoms with van der Waals surface area (Å²) in [6, 6.07) is 16.2. The first-order valence-corrected chi connectivity index (χ1v) is 9.08. The average Bonchev–Trinajstić information content (AvgIpc) is 2.63. The molecule has 25 heavy (non-hydrogen) atoms. The van der Waals surface area contributed by atoms with Gasteiger partial charge >= 0.3 is 0 Å². The molecule has 0 bridgehead atoms. The summed E-state index contributed by atoms with van der Waals surface area (Å²) in [5.41, 5.74) is 0.952. The molecule has 134 valence electrons. The number of rotatable bonds is 5. The number of nitrogens with one attached hydrogen (secondary N) is 2. The Hall–Kier alpha value is -1.56. The van der Waals surface area contributed by atoms with Gasteiger partial charge in [-0.1, -0.05) is 30.3 Å². The van der Waals surface area contributed by atoms with Gasteiger partial charge in [0.05, 0.1) is 0 Å². The number of hydrogen-bond acceptors (Lipinski definition) is 3. The highest BCUT2D eigenvalue weighted by atomic mass is 35.5. The van der Waals surface area contributed by atoms with Gasteiger partial charge < -0.3 is 10.6 Å². The molecular weight excluding hydrogens is 359 g/mol. The van der Waals surface area contributed by atoms with Gasteiger partial charge in [-0.3, -0.25) is 4.79 Å². The summed E-state index contributed by atoms with van der Waals surface area (Å²) in [4.78, 5) is 13.7. The molecular formula is C19H22ClFN2OS. The van der Waals surface area contributed by atoms with Crippen molar-refractivity contribution < 1.29 is 9.18 Å². The molecule has 1 saturated heterocycles. The number of carbonyl (C=O) groups is 1. The molecule has 1 heterocycles. The van der Waals surface area contributed by atoms with Gasteiger partial charge in [-0.05, 0) is 49.2 Å². The minimum absolute atomic E-state index is 0. The monoisotopic (exact) mass is 380 g/mol. The van der Waals surface area contributed by atoms with Gasteiger partial charge in [0.1, 0.15) is 11.1 Å². The Morgan fingerprint density at radius 2 is 1.88 bits per heavy atom. The van der Waals surface area contributed by atoms with Crippen LogP contribution in [0.4, 0.5) is 4.39 Å². The standard InChI is InChI=1S/C19H21FN2OS.ClH/c20-15-8-10-17(11-9-15)24-18(14-5-2-1-3-6-14)19(23)22-16-7-4-12-21-13-16;/h1-3,5-6,8-11,16,18,21H,4,7,12-13H2,(H,22,23);1H. The second kappa shape index (κ2) is 9.80. The van der Waals surface area contributed by atoms with E-state index in [4.69, 9.17) is 0 Å². The smallest absolute Gasteiger partial charge is 0.238 e. The molecule has 0 aromatic heterocycles. The highest BCUT2D eigenvalue weighted by molar-refractivity contribution is 8.00. The second-order valence-corrected chi connectivity index (χ2v) is 7.09. The number of thioether (sulfide) groups is 1. The predicted octanol–water partition coefficient (Wildman–Crippen LogP) is 3.95. The molecule has 3 nitrogen and oxygen atoms in total. The number of carbonyl (C=O) groups excluding carboxylic acids is 1. The van der Waals surface area contributed by atoms with Crippen molar-refractivity contribution in [1.29, 1.82) is 0 Å². The quantitative estimate of drug-likeness (QED) is 0.772. The van der Waals surface area contributed by atoms with Crippen LogP contribution in [0.1, 0.15) is 23.7 Å². The van der Waals surface area contributed by atoms with Crippen LogP contribution in [-0.2, 0) is 4.79 Å². The zero-order valence-corrected chi connectivity index (χ0v) is 15.4. The number of benzene rings is 2. The van der Waals surface area contributed by atoms with Crippen LogP contribution in [0.2, 0.25) is 0 Å². The van der Waals surface area contributed by atoms with E-state index >= 15 is 0 Å². The third-order valence-corrected chi connectivity index (χ3v) is 5.32. The molecule has 0 aliphatic carbocycles. The number of amides is 1. The molecule has 0 spiro atoms. The Kier molecular flexibility index (Phi) is 7.75. The molecule has 2 aromatic rings. The van der Waals surface area contributed by atoms with Crippen LogP contribution in [0.15, 0.2) is 59.5 Å². The van der Waals surface area contributed by atoms with E-state index in [2.05, 4.69) is 10.6 Å². The minimum Gasteiger partial charge on any atom is -0.351 e. The second-order valence-electron chi connectivity index (χ2n) is 5.91. The first-order valence-electron chi connectivity index (χ1n) is 8.20. The van der Waals surface area contributed by atoms with Gasteiger partial charge in [0.25, 0.3) is 0 Å². The fourth-order valence-electron chi connectivity index (χ4n) is 2.80. The fraction of sp³-hybridized carbons (Fsp3) is 0.316. The topological polar surface area (TPSA) is 41.1 Å². The lowest BCUT2D eigenvalue weighted by molar-refractivity contribution is -0.121. The van der Waals surface area contributed by atoms with Crippen LogP contribution in [0.5, 0.6) is 0 Å². The predicted molar refractivity (Wildman–Crippen MR) is 103 cm³/mol. The Balaban J connectivity index is 0.00000225. The number of halogens is 2. The Labute approximate surface area is 158 Å². The first-order chi connectivity index (χ1) is 11.7. The van der Waals surface area contributed by atoms with E-state index in [0.29, 0.717) is 0 Å². The lowest BCUT2D eigenvalue weighted by atomic mass is 10.1.